The second-order valence-electron chi connectivity index (χ2n) is 7.72. The first-order valence-electron chi connectivity index (χ1n) is 9.90. The smallest absolute Gasteiger partial charge is 0.349 e. The van der Waals surface area contributed by atoms with Crippen molar-refractivity contribution in [1.82, 2.24) is 0 Å². The van der Waals surface area contributed by atoms with Crippen molar-refractivity contribution in [2.45, 2.75) is 79.8 Å². The molecule has 158 valence electrons. The van der Waals surface area contributed by atoms with Crippen LogP contribution in [0, 0.1) is 12.8 Å². The molecule has 1 unspecified atom stereocenters. The number of carbonyl (C=O) groups is 3. The molecule has 0 bridgehead atoms. The van der Waals surface area contributed by atoms with Gasteiger partial charge >= 0.3 is 11.9 Å². The van der Waals surface area contributed by atoms with Crippen LogP contribution < -0.4 is 5.32 Å². The number of carbonyl (C=O) groups excluding carboxylic acids is 3. The minimum atomic E-state index is -0.658. The van der Waals surface area contributed by atoms with Gasteiger partial charge in [0.1, 0.15) is 15.5 Å². The third-order valence-electron chi connectivity index (χ3n) is 4.22. The van der Waals surface area contributed by atoms with E-state index in [-0.39, 0.29) is 24.0 Å². The van der Waals surface area contributed by atoms with Gasteiger partial charge in [0.05, 0.1) is 12.2 Å². The molecule has 1 N–H and O–H groups in total. The number of rotatable bonds is 9. The molecule has 0 aliphatic heterocycles. The second-order valence-corrected chi connectivity index (χ2v) is 8.74. The van der Waals surface area contributed by atoms with Crippen molar-refractivity contribution in [1.29, 1.82) is 0 Å². The van der Waals surface area contributed by atoms with Crippen molar-refractivity contribution in [3.63, 3.8) is 0 Å². The maximum absolute atomic E-state index is 12.7. The molecule has 6 nitrogen and oxygen atoms in total. The molecule has 1 aromatic heterocycles. The van der Waals surface area contributed by atoms with E-state index in [4.69, 9.17) is 9.47 Å². The zero-order valence-electron chi connectivity index (χ0n) is 18.1. The Bertz CT molecular complexity index is 702. The Morgan fingerprint density at radius 2 is 1.75 bits per heavy atom. The van der Waals surface area contributed by atoms with E-state index in [1.54, 1.807) is 34.6 Å². The molecule has 0 radical (unpaired) electrons. The number of unbranched alkanes of at least 4 members (excludes halogenated alkanes) is 1. The Kier molecular flexibility index (Phi) is 9.14. The van der Waals surface area contributed by atoms with Crippen LogP contribution in [0.3, 0.4) is 0 Å². The third-order valence-corrected chi connectivity index (χ3v) is 5.40. The lowest BCUT2D eigenvalue weighted by Crippen LogP contribution is -2.23. The van der Waals surface area contributed by atoms with Crippen molar-refractivity contribution in [3.8, 4) is 0 Å². The fourth-order valence-corrected chi connectivity index (χ4v) is 3.83. The molecular weight excluding hydrogens is 378 g/mol. The monoisotopic (exact) mass is 411 g/mol. The van der Waals surface area contributed by atoms with Gasteiger partial charge in [0.2, 0.25) is 5.91 Å². The van der Waals surface area contributed by atoms with E-state index >= 15 is 0 Å². The highest BCUT2D eigenvalue weighted by Gasteiger charge is 2.30. The van der Waals surface area contributed by atoms with Gasteiger partial charge in [0, 0.05) is 5.92 Å². The average molecular weight is 412 g/mol. The average Bonchev–Trinajstić information content (AvgIpc) is 2.90. The highest BCUT2D eigenvalue weighted by Crippen LogP contribution is 2.35. The van der Waals surface area contributed by atoms with Crippen LogP contribution in [-0.2, 0) is 14.3 Å². The molecule has 0 aliphatic rings. The zero-order valence-corrected chi connectivity index (χ0v) is 18.9. The van der Waals surface area contributed by atoms with Crippen molar-refractivity contribution in [2.24, 2.45) is 5.92 Å². The van der Waals surface area contributed by atoms with E-state index in [2.05, 4.69) is 12.2 Å². The predicted octanol–water partition coefficient (Wildman–Crippen LogP) is 5.34. The lowest BCUT2D eigenvalue weighted by atomic mass is 9.98. The highest BCUT2D eigenvalue weighted by atomic mass is 32.1. The predicted molar refractivity (Wildman–Crippen MR) is 112 cm³/mol. The quantitative estimate of drug-likeness (QED) is 0.554. The largest absolute Gasteiger partial charge is 0.462 e. The van der Waals surface area contributed by atoms with Crippen LogP contribution in [0.5, 0.6) is 0 Å². The minimum Gasteiger partial charge on any atom is -0.462 e. The maximum atomic E-state index is 12.7. The first-order valence-corrected chi connectivity index (χ1v) is 10.7. The number of nitrogens with one attached hydrogen (secondary N) is 1. The fourth-order valence-electron chi connectivity index (χ4n) is 2.75. The van der Waals surface area contributed by atoms with Gasteiger partial charge in [-0.25, -0.2) is 9.59 Å². The molecule has 0 fully saturated rings. The molecular formula is C21H33NO5S. The number of amides is 1. The van der Waals surface area contributed by atoms with Gasteiger partial charge in [-0.1, -0.05) is 26.7 Å². The third kappa shape index (κ3) is 6.62. The van der Waals surface area contributed by atoms with E-state index in [1.807, 2.05) is 6.92 Å². The van der Waals surface area contributed by atoms with Gasteiger partial charge in [-0.3, -0.25) is 4.79 Å². The Morgan fingerprint density at radius 3 is 2.25 bits per heavy atom. The molecule has 1 heterocycles. The molecule has 7 heteroatoms. The summed E-state index contributed by atoms with van der Waals surface area (Å²) in [5.41, 5.74) is 0.0371. The first-order chi connectivity index (χ1) is 13.1. The summed E-state index contributed by atoms with van der Waals surface area (Å²) in [4.78, 5) is 38.1. The summed E-state index contributed by atoms with van der Waals surface area (Å²) in [5, 5.41) is 3.20. The summed E-state index contributed by atoms with van der Waals surface area (Å²) in [6, 6.07) is 0. The summed E-state index contributed by atoms with van der Waals surface area (Å²) < 4.78 is 10.6. The molecule has 1 rings (SSSR count). The molecule has 0 aromatic carbocycles. The van der Waals surface area contributed by atoms with Crippen molar-refractivity contribution in [3.05, 3.63) is 16.0 Å². The number of hydrogen-bond donors (Lipinski definition) is 1. The van der Waals surface area contributed by atoms with Gasteiger partial charge < -0.3 is 14.8 Å². The molecule has 0 aliphatic carbocycles. The lowest BCUT2D eigenvalue weighted by molar-refractivity contribution is -0.120. The number of anilines is 1. The number of thiophene rings is 1. The van der Waals surface area contributed by atoms with Crippen molar-refractivity contribution in [2.75, 3.05) is 11.9 Å². The standard InChI is InChI=1S/C21H33NO5S/c1-8-11-12-14(9-2)17(23)22-18-15(19(24)26-10-3)13(4)16(28-18)20(25)27-21(5,6)7/h14H,8-12H2,1-7H3,(H,22,23). The fraction of sp³-hybridized carbons (Fsp3) is 0.667. The van der Waals surface area contributed by atoms with Crippen LogP contribution in [-0.4, -0.2) is 30.1 Å². The van der Waals surface area contributed by atoms with Crippen LogP contribution in [0.25, 0.3) is 0 Å². The van der Waals surface area contributed by atoms with E-state index in [0.29, 0.717) is 21.9 Å². The molecule has 0 saturated heterocycles. The Morgan fingerprint density at radius 1 is 1.11 bits per heavy atom. The summed E-state index contributed by atoms with van der Waals surface area (Å²) in [6.45, 7) is 13.0. The molecule has 1 atom stereocenters. The molecule has 0 spiro atoms. The van der Waals surface area contributed by atoms with Gasteiger partial charge in [-0.05, 0) is 53.0 Å². The van der Waals surface area contributed by atoms with E-state index in [9.17, 15) is 14.4 Å². The molecule has 1 aromatic rings. The highest BCUT2D eigenvalue weighted by molar-refractivity contribution is 7.18. The lowest BCUT2D eigenvalue weighted by Gasteiger charge is -2.19. The van der Waals surface area contributed by atoms with Crippen LogP contribution in [0.2, 0.25) is 0 Å². The van der Waals surface area contributed by atoms with Crippen LogP contribution in [0.1, 0.15) is 92.8 Å². The SMILES string of the molecule is CCCCC(CC)C(=O)Nc1sc(C(=O)OC(C)(C)C)c(C)c1C(=O)OCC. The van der Waals surface area contributed by atoms with Gasteiger partial charge in [0.15, 0.2) is 0 Å². The first kappa shape index (κ1) is 24.1. The molecule has 28 heavy (non-hydrogen) atoms. The van der Waals surface area contributed by atoms with Crippen LogP contribution >= 0.6 is 11.3 Å². The summed E-state index contributed by atoms with van der Waals surface area (Å²) in [6.07, 6.45) is 3.47. The Hall–Kier alpha value is -1.89. The number of ether oxygens (including phenoxy) is 2. The summed E-state index contributed by atoms with van der Waals surface area (Å²) in [7, 11) is 0. The van der Waals surface area contributed by atoms with Gasteiger partial charge in [-0.2, -0.15) is 0 Å². The zero-order chi connectivity index (χ0) is 21.5. The number of esters is 2. The summed E-state index contributed by atoms with van der Waals surface area (Å²) >= 11 is 1.06. The Labute approximate surface area is 172 Å². The van der Waals surface area contributed by atoms with E-state index in [0.717, 1.165) is 30.6 Å². The molecule has 1 amide bonds. The minimum absolute atomic E-state index is 0.137. The van der Waals surface area contributed by atoms with Crippen LogP contribution in [0.4, 0.5) is 5.00 Å². The molecule has 0 saturated carbocycles. The van der Waals surface area contributed by atoms with Gasteiger partial charge in [0.25, 0.3) is 0 Å². The number of hydrogen-bond acceptors (Lipinski definition) is 6. The maximum Gasteiger partial charge on any atom is 0.349 e. The second kappa shape index (κ2) is 10.6. The van der Waals surface area contributed by atoms with E-state index in [1.165, 1.54) is 0 Å². The Balaban J connectivity index is 3.24. The topological polar surface area (TPSA) is 81.7 Å². The van der Waals surface area contributed by atoms with Gasteiger partial charge in [-0.15, -0.1) is 11.3 Å². The summed E-state index contributed by atoms with van der Waals surface area (Å²) in [5.74, 6) is -1.34. The normalized spacial score (nSPS) is 12.4. The van der Waals surface area contributed by atoms with Crippen LogP contribution in [0.15, 0.2) is 0 Å². The van der Waals surface area contributed by atoms with Crippen molar-refractivity contribution < 1.29 is 23.9 Å². The van der Waals surface area contributed by atoms with E-state index < -0.39 is 17.5 Å². The van der Waals surface area contributed by atoms with Crippen molar-refractivity contribution >= 4 is 34.2 Å².